The number of aromatic nitrogens is 4. The maximum atomic E-state index is 14.6. The average Bonchev–Trinajstić information content (AvgIpc) is 3.21. The summed E-state index contributed by atoms with van der Waals surface area (Å²) in [6.45, 7) is 6.21. The van der Waals surface area contributed by atoms with Crippen LogP contribution in [0.25, 0.3) is 11.0 Å². The summed E-state index contributed by atoms with van der Waals surface area (Å²) in [4.78, 5) is 14.6. The maximum Gasteiger partial charge on any atom is 0.228 e. The van der Waals surface area contributed by atoms with E-state index in [2.05, 4.69) is 22.0 Å². The highest BCUT2D eigenvalue weighted by Gasteiger charge is 2.30. The fourth-order valence-corrected chi connectivity index (χ4v) is 5.75. The number of hydrogen-bond donors (Lipinski definition) is 2. The Morgan fingerprint density at radius 2 is 1.97 bits per heavy atom. The summed E-state index contributed by atoms with van der Waals surface area (Å²) in [6, 6.07) is 5.10. The van der Waals surface area contributed by atoms with Gasteiger partial charge in [0.25, 0.3) is 0 Å². The second-order valence-electron chi connectivity index (χ2n) is 10.0. The van der Waals surface area contributed by atoms with Crippen molar-refractivity contribution in [3.8, 4) is 0 Å². The van der Waals surface area contributed by atoms with Crippen LogP contribution in [0.1, 0.15) is 44.7 Å². The van der Waals surface area contributed by atoms with Crippen LogP contribution >= 0.6 is 11.6 Å². The van der Waals surface area contributed by atoms with Gasteiger partial charge in [-0.15, -0.1) is 0 Å². The fourth-order valence-electron chi connectivity index (χ4n) is 5.59. The van der Waals surface area contributed by atoms with Crippen LogP contribution in [0.3, 0.4) is 0 Å². The normalized spacial score (nSPS) is 19.8. The van der Waals surface area contributed by atoms with E-state index in [0.29, 0.717) is 34.4 Å². The molecule has 0 saturated carbocycles. The van der Waals surface area contributed by atoms with Gasteiger partial charge < -0.3 is 15.3 Å². The standard InChI is InChI=1S/C26H35ClFN7O/c1-3-5-22-23-24(33(2)32-22)25(29-21-8-7-18(27)14-20(21)28)31-26(30-23)34-12-9-19(10-13-34)35-11-4-6-17(15-35)16-36/h7-8,14,17,19,36H,3-6,9-13,15-16H2,1-2H3,(H,29,30,31). The summed E-state index contributed by atoms with van der Waals surface area (Å²) in [7, 11) is 1.87. The van der Waals surface area contributed by atoms with Gasteiger partial charge in [0.2, 0.25) is 5.95 Å². The van der Waals surface area contributed by atoms with Crippen LogP contribution in [0.15, 0.2) is 18.2 Å². The lowest BCUT2D eigenvalue weighted by Crippen LogP contribution is -2.49. The van der Waals surface area contributed by atoms with E-state index in [1.165, 1.54) is 6.07 Å². The fraction of sp³-hybridized carbons (Fsp3) is 0.577. The molecule has 3 aromatic rings. The smallest absolute Gasteiger partial charge is 0.228 e. The SMILES string of the molecule is CCCc1nn(C)c2c(Nc3ccc(Cl)cc3F)nc(N3CCC(N4CCCC(CO)C4)CC3)nc12. The number of aliphatic hydroxyl groups is 1. The van der Waals surface area contributed by atoms with Gasteiger partial charge in [0, 0.05) is 44.4 Å². The number of fused-ring (bicyclic) bond motifs is 1. The predicted octanol–water partition coefficient (Wildman–Crippen LogP) is 4.53. The van der Waals surface area contributed by atoms with E-state index < -0.39 is 5.82 Å². The third-order valence-corrected chi connectivity index (χ3v) is 7.72. The molecule has 2 fully saturated rings. The number of halogens is 2. The van der Waals surface area contributed by atoms with Crippen LogP contribution in [0.5, 0.6) is 0 Å². The molecule has 10 heteroatoms. The lowest BCUT2D eigenvalue weighted by atomic mass is 9.94. The van der Waals surface area contributed by atoms with Crippen molar-refractivity contribution in [3.05, 3.63) is 34.7 Å². The molecule has 2 saturated heterocycles. The third kappa shape index (κ3) is 5.14. The summed E-state index contributed by atoms with van der Waals surface area (Å²) < 4.78 is 16.4. The molecule has 36 heavy (non-hydrogen) atoms. The minimum Gasteiger partial charge on any atom is -0.396 e. The van der Waals surface area contributed by atoms with Crippen LogP contribution in [0.2, 0.25) is 5.02 Å². The van der Waals surface area contributed by atoms with Gasteiger partial charge >= 0.3 is 0 Å². The van der Waals surface area contributed by atoms with E-state index in [1.54, 1.807) is 16.8 Å². The van der Waals surface area contributed by atoms with Gasteiger partial charge in [-0.2, -0.15) is 10.1 Å². The lowest BCUT2D eigenvalue weighted by Gasteiger charge is -2.42. The molecule has 1 atom stereocenters. The van der Waals surface area contributed by atoms with Crippen molar-refractivity contribution >= 4 is 40.1 Å². The molecule has 1 unspecified atom stereocenters. The van der Waals surface area contributed by atoms with Gasteiger partial charge in [0.1, 0.15) is 16.9 Å². The number of nitrogens with one attached hydrogen (secondary N) is 1. The second kappa shape index (κ2) is 10.9. The minimum atomic E-state index is -0.435. The summed E-state index contributed by atoms with van der Waals surface area (Å²) in [5.41, 5.74) is 2.81. The number of nitrogens with zero attached hydrogens (tertiary/aromatic N) is 6. The molecule has 0 amide bonds. The van der Waals surface area contributed by atoms with Gasteiger partial charge in [-0.3, -0.25) is 9.58 Å². The molecule has 1 aromatic carbocycles. The van der Waals surface area contributed by atoms with E-state index in [1.807, 2.05) is 7.05 Å². The predicted molar refractivity (Wildman–Crippen MR) is 142 cm³/mol. The molecule has 0 aliphatic carbocycles. The maximum absolute atomic E-state index is 14.6. The van der Waals surface area contributed by atoms with Crippen LogP contribution < -0.4 is 10.2 Å². The van der Waals surface area contributed by atoms with Gasteiger partial charge in [0.05, 0.1) is 11.4 Å². The molecule has 8 nitrogen and oxygen atoms in total. The number of rotatable bonds is 7. The highest BCUT2D eigenvalue weighted by Crippen LogP contribution is 2.32. The zero-order valence-electron chi connectivity index (χ0n) is 21.1. The first-order valence-electron chi connectivity index (χ1n) is 13.0. The Labute approximate surface area is 216 Å². The van der Waals surface area contributed by atoms with Crippen molar-refractivity contribution in [2.75, 3.05) is 43.0 Å². The quantitative estimate of drug-likeness (QED) is 0.478. The highest BCUT2D eigenvalue weighted by atomic mass is 35.5. The van der Waals surface area contributed by atoms with Gasteiger partial charge in [0.15, 0.2) is 5.82 Å². The molecule has 0 spiro atoms. The largest absolute Gasteiger partial charge is 0.396 e. The number of aryl methyl sites for hydroxylation is 2. The molecule has 2 aromatic heterocycles. The second-order valence-corrected chi connectivity index (χ2v) is 10.5. The number of hydrogen-bond acceptors (Lipinski definition) is 7. The molecule has 194 valence electrons. The zero-order chi connectivity index (χ0) is 25.2. The molecular formula is C26H35ClFN7O. The van der Waals surface area contributed by atoms with Gasteiger partial charge in [-0.1, -0.05) is 24.9 Å². The van der Waals surface area contributed by atoms with Crippen molar-refractivity contribution < 1.29 is 9.50 Å². The molecule has 2 aliphatic heterocycles. The third-order valence-electron chi connectivity index (χ3n) is 7.48. The molecule has 5 rings (SSSR count). The Bertz CT molecular complexity index is 1210. The van der Waals surface area contributed by atoms with Crippen molar-refractivity contribution in [1.82, 2.24) is 24.6 Å². The summed E-state index contributed by atoms with van der Waals surface area (Å²) in [5.74, 6) is 1.15. The first-order chi connectivity index (χ1) is 17.5. The van der Waals surface area contributed by atoms with E-state index in [-0.39, 0.29) is 6.61 Å². The van der Waals surface area contributed by atoms with Crippen LogP contribution in [0.4, 0.5) is 21.8 Å². The van der Waals surface area contributed by atoms with E-state index in [9.17, 15) is 9.50 Å². The van der Waals surface area contributed by atoms with Gasteiger partial charge in [-0.05, 0) is 62.8 Å². The van der Waals surface area contributed by atoms with Crippen molar-refractivity contribution in [2.45, 2.75) is 51.5 Å². The zero-order valence-corrected chi connectivity index (χ0v) is 21.8. The summed E-state index contributed by atoms with van der Waals surface area (Å²) >= 11 is 5.96. The Morgan fingerprint density at radius 3 is 2.69 bits per heavy atom. The monoisotopic (exact) mass is 515 g/mol. The number of benzene rings is 1. The Hall–Kier alpha value is -2.49. The van der Waals surface area contributed by atoms with E-state index in [0.717, 1.165) is 81.4 Å². The van der Waals surface area contributed by atoms with Crippen molar-refractivity contribution in [1.29, 1.82) is 0 Å². The minimum absolute atomic E-state index is 0.276. The molecule has 2 aliphatic rings. The van der Waals surface area contributed by atoms with Crippen LogP contribution in [-0.2, 0) is 13.5 Å². The first kappa shape index (κ1) is 25.2. The molecule has 0 radical (unpaired) electrons. The van der Waals surface area contributed by atoms with Crippen LogP contribution in [0, 0.1) is 11.7 Å². The first-order valence-corrected chi connectivity index (χ1v) is 13.4. The number of anilines is 3. The van der Waals surface area contributed by atoms with Crippen molar-refractivity contribution in [3.63, 3.8) is 0 Å². The number of piperidine rings is 2. The van der Waals surface area contributed by atoms with E-state index >= 15 is 0 Å². The van der Waals surface area contributed by atoms with Gasteiger partial charge in [-0.25, -0.2) is 9.37 Å². The average molecular weight is 516 g/mol. The Kier molecular flexibility index (Phi) is 7.60. The topological polar surface area (TPSA) is 82.3 Å². The summed E-state index contributed by atoms with van der Waals surface area (Å²) in [6.07, 6.45) is 6.10. The highest BCUT2D eigenvalue weighted by molar-refractivity contribution is 6.30. The molecule has 0 bridgehead atoms. The lowest BCUT2D eigenvalue weighted by molar-refractivity contribution is 0.0776. The molecule has 2 N–H and O–H groups in total. The molecule has 4 heterocycles. The summed E-state index contributed by atoms with van der Waals surface area (Å²) in [5, 5.41) is 17.9. The van der Waals surface area contributed by atoms with Crippen molar-refractivity contribution in [2.24, 2.45) is 13.0 Å². The van der Waals surface area contributed by atoms with E-state index in [4.69, 9.17) is 26.7 Å². The molecular weight excluding hydrogens is 481 g/mol. The number of likely N-dealkylation sites (tertiary alicyclic amines) is 1. The Balaban J connectivity index is 1.42. The Morgan fingerprint density at radius 1 is 1.17 bits per heavy atom. The van der Waals surface area contributed by atoms with Crippen LogP contribution in [-0.4, -0.2) is 68.6 Å². The number of aliphatic hydroxyl groups excluding tert-OH is 1.